The van der Waals surface area contributed by atoms with Crippen LogP contribution in [0.4, 0.5) is 0 Å². The zero-order valence-electron chi connectivity index (χ0n) is 10.8. The zero-order chi connectivity index (χ0) is 13.2. The van der Waals surface area contributed by atoms with Crippen LogP contribution >= 0.6 is 0 Å². The van der Waals surface area contributed by atoms with Crippen molar-refractivity contribution < 1.29 is 14.4 Å². The summed E-state index contributed by atoms with van der Waals surface area (Å²) in [5.41, 5.74) is 2.17. The number of hydrogen-bond donors (Lipinski definition) is 1. The monoisotopic (exact) mass is 260 g/mol. The van der Waals surface area contributed by atoms with Gasteiger partial charge in [-0.15, -0.1) is 0 Å². The number of hydrogen-bond acceptors (Lipinski definition) is 5. The molecule has 0 saturated carbocycles. The maximum Gasteiger partial charge on any atom is 0.226 e. The molecule has 5 heteroatoms. The predicted octanol–water partition coefficient (Wildman–Crippen LogP) is 2.19. The largest absolute Gasteiger partial charge is 0.485 e. The highest BCUT2D eigenvalue weighted by molar-refractivity contribution is 5.39. The van der Waals surface area contributed by atoms with E-state index in [4.69, 9.17) is 9.26 Å². The van der Waals surface area contributed by atoms with Gasteiger partial charge in [0.2, 0.25) is 11.7 Å². The molecular weight excluding hydrogens is 244 g/mol. The van der Waals surface area contributed by atoms with Gasteiger partial charge in [0.25, 0.3) is 0 Å². The molecule has 5 nitrogen and oxygen atoms in total. The number of aliphatic hydroxyl groups excluding tert-OH is 1. The molecule has 1 N–H and O–H groups in total. The summed E-state index contributed by atoms with van der Waals surface area (Å²) < 4.78 is 10.7. The molecule has 1 aliphatic carbocycles. The van der Waals surface area contributed by atoms with E-state index < -0.39 is 0 Å². The minimum Gasteiger partial charge on any atom is -0.485 e. The van der Waals surface area contributed by atoms with Crippen molar-refractivity contribution in [1.82, 2.24) is 10.1 Å². The van der Waals surface area contributed by atoms with Crippen molar-refractivity contribution in [3.63, 3.8) is 0 Å². The standard InChI is InChI=1S/C14H16N2O3/c1-2-14-15-13(16-19-14)8-18-10-4-5-11-9(7-10)3-6-12(11)17/h4-5,7,12,17H,2-3,6,8H2,1H3. The number of aliphatic hydroxyl groups is 1. The average molecular weight is 260 g/mol. The Labute approximate surface area is 111 Å². The topological polar surface area (TPSA) is 68.4 Å². The Morgan fingerprint density at radius 2 is 2.37 bits per heavy atom. The number of fused-ring (bicyclic) bond motifs is 1. The average Bonchev–Trinajstić information content (AvgIpc) is 3.03. The van der Waals surface area contributed by atoms with Crippen LogP contribution in [0, 0.1) is 0 Å². The van der Waals surface area contributed by atoms with Crippen LogP contribution < -0.4 is 4.74 Å². The lowest BCUT2D eigenvalue weighted by atomic mass is 10.1. The van der Waals surface area contributed by atoms with E-state index in [1.54, 1.807) is 0 Å². The molecule has 0 bridgehead atoms. The number of aromatic nitrogens is 2. The van der Waals surface area contributed by atoms with Gasteiger partial charge < -0.3 is 14.4 Å². The molecule has 0 fully saturated rings. The third-order valence-electron chi connectivity index (χ3n) is 3.34. The minimum atomic E-state index is -0.326. The number of aryl methyl sites for hydroxylation is 2. The van der Waals surface area contributed by atoms with Crippen molar-refractivity contribution in [2.24, 2.45) is 0 Å². The van der Waals surface area contributed by atoms with E-state index in [1.165, 1.54) is 0 Å². The van der Waals surface area contributed by atoms with Crippen LogP contribution in [0.5, 0.6) is 5.75 Å². The quantitative estimate of drug-likeness (QED) is 0.912. The molecule has 0 aliphatic heterocycles. The van der Waals surface area contributed by atoms with Crippen molar-refractivity contribution in [3.05, 3.63) is 41.0 Å². The van der Waals surface area contributed by atoms with E-state index in [1.807, 2.05) is 25.1 Å². The van der Waals surface area contributed by atoms with Crippen molar-refractivity contribution in [2.45, 2.75) is 38.9 Å². The molecule has 0 saturated heterocycles. The van der Waals surface area contributed by atoms with Crippen LogP contribution in [0.2, 0.25) is 0 Å². The minimum absolute atomic E-state index is 0.296. The molecule has 1 aromatic carbocycles. The normalized spacial score (nSPS) is 17.5. The first-order valence-electron chi connectivity index (χ1n) is 6.51. The van der Waals surface area contributed by atoms with E-state index in [0.29, 0.717) is 18.3 Å². The van der Waals surface area contributed by atoms with E-state index in [9.17, 15) is 5.11 Å². The van der Waals surface area contributed by atoms with Crippen molar-refractivity contribution in [3.8, 4) is 5.75 Å². The van der Waals surface area contributed by atoms with Gasteiger partial charge in [-0.05, 0) is 36.1 Å². The van der Waals surface area contributed by atoms with Gasteiger partial charge in [-0.1, -0.05) is 18.1 Å². The first-order chi connectivity index (χ1) is 9.26. The zero-order valence-corrected chi connectivity index (χ0v) is 10.8. The second kappa shape index (κ2) is 5.01. The fourth-order valence-corrected chi connectivity index (χ4v) is 2.30. The Bertz CT molecular complexity index is 580. The van der Waals surface area contributed by atoms with Crippen molar-refractivity contribution >= 4 is 0 Å². The number of ether oxygens (including phenoxy) is 1. The fourth-order valence-electron chi connectivity index (χ4n) is 2.30. The molecule has 100 valence electrons. The van der Waals surface area contributed by atoms with Crippen LogP contribution in [0.15, 0.2) is 22.7 Å². The molecular formula is C14H16N2O3. The molecule has 19 heavy (non-hydrogen) atoms. The highest BCUT2D eigenvalue weighted by Gasteiger charge is 2.20. The fraction of sp³-hybridized carbons (Fsp3) is 0.429. The van der Waals surface area contributed by atoms with Crippen LogP contribution in [-0.4, -0.2) is 15.2 Å². The Morgan fingerprint density at radius 3 is 3.16 bits per heavy atom. The van der Waals surface area contributed by atoms with E-state index in [2.05, 4.69) is 10.1 Å². The lowest BCUT2D eigenvalue weighted by Gasteiger charge is -2.07. The van der Waals surface area contributed by atoms with Gasteiger partial charge in [0.05, 0.1) is 6.10 Å². The van der Waals surface area contributed by atoms with Crippen LogP contribution in [0.25, 0.3) is 0 Å². The Balaban J connectivity index is 1.67. The van der Waals surface area contributed by atoms with Crippen LogP contribution in [-0.2, 0) is 19.4 Å². The molecule has 0 amide bonds. The van der Waals surface area contributed by atoms with E-state index in [0.717, 1.165) is 36.1 Å². The van der Waals surface area contributed by atoms with Crippen molar-refractivity contribution in [2.75, 3.05) is 0 Å². The summed E-state index contributed by atoms with van der Waals surface area (Å²) in [6, 6.07) is 5.77. The predicted molar refractivity (Wildman–Crippen MR) is 67.7 cm³/mol. The molecule has 0 spiro atoms. The molecule has 0 radical (unpaired) electrons. The molecule has 3 rings (SSSR count). The summed E-state index contributed by atoms with van der Waals surface area (Å²) in [4.78, 5) is 4.19. The van der Waals surface area contributed by atoms with Gasteiger partial charge in [-0.3, -0.25) is 0 Å². The van der Waals surface area contributed by atoms with Crippen molar-refractivity contribution in [1.29, 1.82) is 0 Å². The van der Waals surface area contributed by atoms with Crippen LogP contribution in [0.1, 0.15) is 42.3 Å². The van der Waals surface area contributed by atoms with Gasteiger partial charge in [0.1, 0.15) is 5.75 Å². The highest BCUT2D eigenvalue weighted by Crippen LogP contribution is 2.33. The second-order valence-electron chi connectivity index (χ2n) is 4.66. The second-order valence-corrected chi connectivity index (χ2v) is 4.66. The molecule has 1 unspecified atom stereocenters. The number of rotatable bonds is 4. The third-order valence-corrected chi connectivity index (χ3v) is 3.34. The summed E-state index contributed by atoms with van der Waals surface area (Å²) in [6.07, 6.45) is 2.09. The summed E-state index contributed by atoms with van der Waals surface area (Å²) >= 11 is 0. The molecule has 1 atom stereocenters. The SMILES string of the molecule is CCc1nc(COc2ccc3c(c2)CCC3O)no1. The first kappa shape index (κ1) is 12.2. The summed E-state index contributed by atoms with van der Waals surface area (Å²) in [7, 11) is 0. The van der Waals surface area contributed by atoms with E-state index >= 15 is 0 Å². The summed E-state index contributed by atoms with van der Waals surface area (Å²) in [6.45, 7) is 2.26. The van der Waals surface area contributed by atoms with Crippen LogP contribution in [0.3, 0.4) is 0 Å². The summed E-state index contributed by atoms with van der Waals surface area (Å²) in [5, 5.41) is 13.6. The lowest BCUT2D eigenvalue weighted by molar-refractivity contribution is 0.180. The van der Waals surface area contributed by atoms with Gasteiger partial charge in [-0.25, -0.2) is 0 Å². The molecule has 2 aromatic rings. The Hall–Kier alpha value is -1.88. The van der Waals surface area contributed by atoms with E-state index in [-0.39, 0.29) is 6.10 Å². The maximum absolute atomic E-state index is 9.74. The summed E-state index contributed by atoms with van der Waals surface area (Å²) in [5.74, 6) is 1.95. The smallest absolute Gasteiger partial charge is 0.226 e. The third kappa shape index (κ3) is 2.46. The first-order valence-corrected chi connectivity index (χ1v) is 6.51. The van der Waals surface area contributed by atoms with Gasteiger partial charge >= 0.3 is 0 Å². The molecule has 1 aliphatic rings. The Kier molecular flexibility index (Phi) is 3.21. The number of benzene rings is 1. The van der Waals surface area contributed by atoms with Gasteiger partial charge in [0.15, 0.2) is 6.61 Å². The maximum atomic E-state index is 9.74. The number of nitrogens with zero attached hydrogens (tertiary/aromatic N) is 2. The van der Waals surface area contributed by atoms with Gasteiger partial charge in [0, 0.05) is 6.42 Å². The molecule has 1 aromatic heterocycles. The van der Waals surface area contributed by atoms with Gasteiger partial charge in [-0.2, -0.15) is 4.98 Å². The molecule has 1 heterocycles. The lowest BCUT2D eigenvalue weighted by Crippen LogP contribution is -1.98. The Morgan fingerprint density at radius 1 is 1.47 bits per heavy atom. The highest BCUT2D eigenvalue weighted by atomic mass is 16.5.